The van der Waals surface area contributed by atoms with Crippen molar-refractivity contribution in [3.63, 3.8) is 0 Å². The van der Waals surface area contributed by atoms with Crippen LogP contribution in [0.2, 0.25) is 0 Å². The summed E-state index contributed by atoms with van der Waals surface area (Å²) < 4.78 is 36.5. The second-order valence-electron chi connectivity index (χ2n) is 4.60. The van der Waals surface area contributed by atoms with E-state index in [9.17, 15) is 8.42 Å². The number of piperidine rings is 1. The molecule has 1 spiro atoms. The molecule has 0 aromatic carbocycles. The van der Waals surface area contributed by atoms with E-state index in [1.807, 2.05) is 0 Å². The third-order valence-corrected chi connectivity index (χ3v) is 5.53. The minimum atomic E-state index is -3.12. The number of ether oxygens (including phenoxy) is 2. The molecule has 0 aromatic heterocycles. The van der Waals surface area contributed by atoms with Gasteiger partial charge in [-0.15, -0.1) is 0 Å². The van der Waals surface area contributed by atoms with Gasteiger partial charge >= 0.3 is 0 Å². The van der Waals surface area contributed by atoms with Gasteiger partial charge in [-0.25, -0.2) is 12.7 Å². The molecule has 0 saturated carbocycles. The van der Waals surface area contributed by atoms with Crippen LogP contribution in [0.1, 0.15) is 26.7 Å². The van der Waals surface area contributed by atoms with E-state index in [4.69, 9.17) is 9.47 Å². The van der Waals surface area contributed by atoms with Crippen LogP contribution in [0.3, 0.4) is 0 Å². The minimum absolute atomic E-state index is 0.355. The Morgan fingerprint density at radius 2 is 1.62 bits per heavy atom. The maximum Gasteiger partial charge on any atom is 0.216 e. The van der Waals surface area contributed by atoms with Crippen LogP contribution in [0.4, 0.5) is 0 Å². The summed E-state index contributed by atoms with van der Waals surface area (Å²) in [6.45, 7) is 5.67. The van der Waals surface area contributed by atoms with Crippen molar-refractivity contribution < 1.29 is 17.9 Å². The van der Waals surface area contributed by atoms with Crippen LogP contribution in [0.25, 0.3) is 0 Å². The molecule has 2 aliphatic heterocycles. The molecule has 0 bridgehead atoms. The van der Waals surface area contributed by atoms with Crippen molar-refractivity contribution in [1.82, 2.24) is 4.31 Å². The molecule has 5 nitrogen and oxygen atoms in total. The van der Waals surface area contributed by atoms with E-state index in [-0.39, 0.29) is 5.25 Å². The molecule has 2 rings (SSSR count). The molecule has 0 unspecified atom stereocenters. The molecule has 0 aliphatic carbocycles. The molecule has 2 fully saturated rings. The highest BCUT2D eigenvalue weighted by Gasteiger charge is 2.42. The summed E-state index contributed by atoms with van der Waals surface area (Å²) in [6, 6.07) is 0. The molecule has 0 radical (unpaired) electrons. The van der Waals surface area contributed by atoms with Gasteiger partial charge in [0.2, 0.25) is 10.0 Å². The van der Waals surface area contributed by atoms with Crippen LogP contribution in [-0.4, -0.2) is 50.1 Å². The number of nitrogens with zero attached hydrogens (tertiary/aromatic N) is 1. The standard InChI is InChI=1S/C10H19NO4S/c1-9(2)16(12,13)11-5-3-10(4-6-11)14-7-8-15-10/h9H,3-8H2,1-2H3. The Morgan fingerprint density at radius 1 is 1.12 bits per heavy atom. The van der Waals surface area contributed by atoms with Gasteiger partial charge in [0, 0.05) is 25.9 Å². The van der Waals surface area contributed by atoms with Gasteiger partial charge in [-0.1, -0.05) is 0 Å². The van der Waals surface area contributed by atoms with Crippen LogP contribution in [0, 0.1) is 0 Å². The van der Waals surface area contributed by atoms with Crippen LogP contribution in [0.5, 0.6) is 0 Å². The molecule has 0 amide bonds. The van der Waals surface area contributed by atoms with Crippen molar-refractivity contribution in [2.75, 3.05) is 26.3 Å². The topological polar surface area (TPSA) is 55.8 Å². The van der Waals surface area contributed by atoms with Gasteiger partial charge in [0.05, 0.1) is 18.5 Å². The third-order valence-electron chi connectivity index (χ3n) is 3.25. The highest BCUT2D eigenvalue weighted by Crippen LogP contribution is 2.32. The van der Waals surface area contributed by atoms with Crippen molar-refractivity contribution in [2.24, 2.45) is 0 Å². The molecule has 94 valence electrons. The molecule has 2 saturated heterocycles. The monoisotopic (exact) mass is 249 g/mol. The summed E-state index contributed by atoms with van der Waals surface area (Å²) in [4.78, 5) is 0. The second kappa shape index (κ2) is 4.25. The van der Waals surface area contributed by atoms with E-state index < -0.39 is 15.8 Å². The predicted octanol–water partition coefficient (Wildman–Crippen LogP) is 0.564. The predicted molar refractivity (Wildman–Crippen MR) is 59.5 cm³/mol. The Labute approximate surface area is 96.8 Å². The van der Waals surface area contributed by atoms with Gasteiger partial charge in [0.15, 0.2) is 5.79 Å². The summed E-state index contributed by atoms with van der Waals surface area (Å²) in [6.07, 6.45) is 1.28. The van der Waals surface area contributed by atoms with Gasteiger partial charge < -0.3 is 9.47 Å². The molecule has 2 heterocycles. The van der Waals surface area contributed by atoms with Crippen LogP contribution >= 0.6 is 0 Å². The van der Waals surface area contributed by atoms with Gasteiger partial charge in [0.25, 0.3) is 0 Å². The Kier molecular flexibility index (Phi) is 3.27. The van der Waals surface area contributed by atoms with Crippen molar-refractivity contribution in [1.29, 1.82) is 0 Å². The number of sulfonamides is 1. The first-order valence-electron chi connectivity index (χ1n) is 5.73. The summed E-state index contributed by atoms with van der Waals surface area (Å²) in [5.74, 6) is -0.497. The fraction of sp³-hybridized carbons (Fsp3) is 1.00. The smallest absolute Gasteiger partial charge is 0.216 e. The van der Waals surface area contributed by atoms with Gasteiger partial charge in [-0.05, 0) is 13.8 Å². The van der Waals surface area contributed by atoms with Crippen molar-refractivity contribution in [3.8, 4) is 0 Å². The third kappa shape index (κ3) is 2.11. The largest absolute Gasteiger partial charge is 0.347 e. The molecule has 0 atom stereocenters. The zero-order chi connectivity index (χ0) is 11.8. The molecular weight excluding hydrogens is 230 g/mol. The summed E-state index contributed by atoms with van der Waals surface area (Å²) in [5, 5.41) is -0.355. The van der Waals surface area contributed by atoms with Crippen LogP contribution < -0.4 is 0 Å². The van der Waals surface area contributed by atoms with E-state index in [0.29, 0.717) is 39.1 Å². The fourth-order valence-electron chi connectivity index (χ4n) is 2.17. The molecule has 0 N–H and O–H groups in total. The molecule has 6 heteroatoms. The SMILES string of the molecule is CC(C)S(=O)(=O)N1CCC2(CC1)OCCO2. The lowest BCUT2D eigenvalue weighted by Crippen LogP contribution is -2.48. The normalized spacial score (nSPS) is 26.7. The molecule has 16 heavy (non-hydrogen) atoms. The summed E-state index contributed by atoms with van der Waals surface area (Å²) in [7, 11) is -3.12. The van der Waals surface area contributed by atoms with Gasteiger partial charge in [-0.2, -0.15) is 0 Å². The minimum Gasteiger partial charge on any atom is -0.347 e. The maximum atomic E-state index is 11.9. The van der Waals surface area contributed by atoms with Crippen molar-refractivity contribution in [2.45, 2.75) is 37.7 Å². The molecule has 2 aliphatic rings. The van der Waals surface area contributed by atoms with Crippen LogP contribution in [-0.2, 0) is 19.5 Å². The molecular formula is C10H19NO4S. The van der Waals surface area contributed by atoms with Gasteiger partial charge in [0.1, 0.15) is 0 Å². The average molecular weight is 249 g/mol. The Balaban J connectivity index is 2.00. The highest BCUT2D eigenvalue weighted by molar-refractivity contribution is 7.89. The zero-order valence-electron chi connectivity index (χ0n) is 9.81. The number of hydrogen-bond donors (Lipinski definition) is 0. The van der Waals surface area contributed by atoms with Crippen LogP contribution in [0.15, 0.2) is 0 Å². The lowest BCUT2D eigenvalue weighted by Gasteiger charge is -2.37. The van der Waals surface area contributed by atoms with Crippen molar-refractivity contribution in [3.05, 3.63) is 0 Å². The zero-order valence-corrected chi connectivity index (χ0v) is 10.6. The van der Waals surface area contributed by atoms with E-state index in [0.717, 1.165) is 0 Å². The first-order valence-corrected chi connectivity index (χ1v) is 7.23. The molecule has 0 aromatic rings. The fourth-order valence-corrected chi connectivity index (χ4v) is 3.45. The second-order valence-corrected chi connectivity index (χ2v) is 7.09. The highest BCUT2D eigenvalue weighted by atomic mass is 32.2. The summed E-state index contributed by atoms with van der Waals surface area (Å²) >= 11 is 0. The van der Waals surface area contributed by atoms with E-state index in [1.54, 1.807) is 18.2 Å². The first-order chi connectivity index (χ1) is 7.46. The summed E-state index contributed by atoms with van der Waals surface area (Å²) in [5.41, 5.74) is 0. The Bertz CT molecular complexity index is 336. The Hall–Kier alpha value is -0.170. The van der Waals surface area contributed by atoms with E-state index in [1.165, 1.54) is 0 Å². The van der Waals surface area contributed by atoms with Crippen molar-refractivity contribution >= 4 is 10.0 Å². The quantitative estimate of drug-likeness (QED) is 0.717. The van der Waals surface area contributed by atoms with Gasteiger partial charge in [-0.3, -0.25) is 0 Å². The van der Waals surface area contributed by atoms with E-state index >= 15 is 0 Å². The first kappa shape index (κ1) is 12.3. The average Bonchev–Trinajstić information content (AvgIpc) is 2.67. The van der Waals surface area contributed by atoms with E-state index in [2.05, 4.69) is 0 Å². The lowest BCUT2D eigenvalue weighted by molar-refractivity contribution is -0.179. The number of rotatable bonds is 2. The lowest BCUT2D eigenvalue weighted by atomic mass is 10.1. The number of hydrogen-bond acceptors (Lipinski definition) is 4. The Morgan fingerprint density at radius 3 is 2.06 bits per heavy atom. The maximum absolute atomic E-state index is 11.9.